The Morgan fingerprint density at radius 1 is 0.944 bits per heavy atom. The van der Waals surface area contributed by atoms with E-state index < -0.39 is 11.0 Å². The molecule has 2 N–H and O–H groups in total. The normalized spacial score (nSPS) is 53.9. The summed E-state index contributed by atoms with van der Waals surface area (Å²) in [7, 11) is 0. The van der Waals surface area contributed by atoms with Crippen LogP contribution >= 0.6 is 0 Å². The van der Waals surface area contributed by atoms with Crippen molar-refractivity contribution >= 4 is 11.6 Å². The lowest BCUT2D eigenvalue weighted by Gasteiger charge is -2.71. The lowest BCUT2D eigenvalue weighted by molar-refractivity contribution is -0.226. The fourth-order valence-corrected chi connectivity index (χ4v) is 11.0. The van der Waals surface area contributed by atoms with Crippen molar-refractivity contribution in [1.82, 2.24) is 0 Å². The largest absolute Gasteiger partial charge is 0.396 e. The van der Waals surface area contributed by atoms with Crippen molar-refractivity contribution in [2.24, 2.45) is 50.2 Å². The number of rotatable bonds is 2. The minimum Gasteiger partial charge on any atom is -0.396 e. The molecule has 0 radical (unpaired) electrons. The second-order valence-electron chi connectivity index (χ2n) is 15.8. The van der Waals surface area contributed by atoms with Crippen molar-refractivity contribution in [3.05, 3.63) is 11.6 Å². The van der Waals surface area contributed by atoms with Crippen LogP contribution in [0.3, 0.4) is 0 Å². The highest BCUT2D eigenvalue weighted by atomic mass is 16.3. The second-order valence-corrected chi connectivity index (χ2v) is 15.8. The molecule has 5 rings (SSSR count). The summed E-state index contributed by atoms with van der Waals surface area (Å²) in [6.45, 7) is 17.7. The van der Waals surface area contributed by atoms with Gasteiger partial charge in [-0.25, -0.2) is 0 Å². The summed E-state index contributed by atoms with van der Waals surface area (Å²) in [6.07, 6.45) is 10.6. The van der Waals surface area contributed by atoms with Gasteiger partial charge in [0.2, 0.25) is 0 Å². The van der Waals surface area contributed by atoms with Gasteiger partial charge in [-0.3, -0.25) is 9.59 Å². The van der Waals surface area contributed by atoms with E-state index in [4.69, 9.17) is 0 Å². The Balaban J connectivity index is 1.61. The predicted molar refractivity (Wildman–Crippen MR) is 142 cm³/mol. The molecule has 36 heavy (non-hydrogen) atoms. The fourth-order valence-electron chi connectivity index (χ4n) is 11.0. The van der Waals surface area contributed by atoms with E-state index in [1.807, 2.05) is 0 Å². The van der Waals surface area contributed by atoms with E-state index in [1.165, 1.54) is 18.9 Å². The third-order valence-electron chi connectivity index (χ3n) is 13.9. The number of ketones is 2. The van der Waals surface area contributed by atoms with E-state index in [-0.39, 0.29) is 57.1 Å². The Hall–Kier alpha value is -1.00. The van der Waals surface area contributed by atoms with Crippen LogP contribution in [-0.2, 0) is 9.59 Å². The number of hydrogen-bond donors (Lipinski definition) is 2. The van der Waals surface area contributed by atoms with Crippen LogP contribution in [0.15, 0.2) is 11.6 Å². The number of aliphatic hydroxyl groups is 2. The first-order valence-corrected chi connectivity index (χ1v) is 14.5. The first-order valence-electron chi connectivity index (χ1n) is 14.5. The zero-order valence-electron chi connectivity index (χ0n) is 24.1. The molecule has 2 unspecified atom stereocenters. The molecule has 9 atom stereocenters. The Morgan fingerprint density at radius 2 is 1.58 bits per heavy atom. The summed E-state index contributed by atoms with van der Waals surface area (Å²) in [5.41, 5.74) is -0.823. The van der Waals surface area contributed by atoms with Crippen LogP contribution in [0.2, 0.25) is 0 Å². The summed E-state index contributed by atoms with van der Waals surface area (Å²) in [6, 6.07) is 0. The van der Waals surface area contributed by atoms with E-state index in [9.17, 15) is 19.8 Å². The Morgan fingerprint density at radius 3 is 2.19 bits per heavy atom. The average Bonchev–Trinajstić information content (AvgIpc) is 2.79. The molecule has 4 nitrogen and oxygen atoms in total. The molecule has 0 aromatic carbocycles. The first kappa shape index (κ1) is 26.6. The molecular weight excluding hydrogens is 448 g/mol. The van der Waals surface area contributed by atoms with Gasteiger partial charge in [0, 0.05) is 17.9 Å². The maximum atomic E-state index is 14.4. The lowest BCUT2D eigenvalue weighted by atomic mass is 9.32. The van der Waals surface area contributed by atoms with Crippen LogP contribution in [0.1, 0.15) is 113 Å². The lowest BCUT2D eigenvalue weighted by Crippen LogP contribution is -2.69. The van der Waals surface area contributed by atoms with Crippen LogP contribution in [0.25, 0.3) is 0 Å². The van der Waals surface area contributed by atoms with E-state index >= 15 is 0 Å². The third-order valence-corrected chi connectivity index (χ3v) is 13.9. The highest BCUT2D eigenvalue weighted by Gasteiger charge is 2.72. The van der Waals surface area contributed by atoms with Crippen molar-refractivity contribution in [3.8, 4) is 0 Å². The van der Waals surface area contributed by atoms with E-state index in [1.54, 1.807) is 0 Å². The van der Waals surface area contributed by atoms with E-state index in [2.05, 4.69) is 54.5 Å². The molecule has 4 heteroatoms. The van der Waals surface area contributed by atoms with E-state index in [0.29, 0.717) is 18.8 Å². The number of allylic oxidation sites excluding steroid dienone is 2. The molecule has 0 aromatic rings. The van der Waals surface area contributed by atoms with Gasteiger partial charge in [-0.15, -0.1) is 0 Å². The highest BCUT2D eigenvalue weighted by molar-refractivity contribution is 5.96. The predicted octanol–water partition coefficient (Wildman–Crippen LogP) is 6.28. The van der Waals surface area contributed by atoms with E-state index in [0.717, 1.165) is 38.5 Å². The summed E-state index contributed by atoms with van der Waals surface area (Å²) in [5.74, 6) is 0.518. The molecule has 0 heterocycles. The minimum atomic E-state index is -1.32. The van der Waals surface area contributed by atoms with Gasteiger partial charge in [0.25, 0.3) is 0 Å². The molecule has 0 amide bonds. The fraction of sp³-hybridized carbons (Fsp3) is 0.875. The number of aliphatic hydroxyl groups excluding tert-OH is 1. The van der Waals surface area contributed by atoms with Crippen molar-refractivity contribution in [1.29, 1.82) is 0 Å². The zero-order valence-corrected chi connectivity index (χ0v) is 24.1. The topological polar surface area (TPSA) is 74.6 Å². The Labute approximate surface area is 218 Å². The van der Waals surface area contributed by atoms with Crippen molar-refractivity contribution in [2.75, 3.05) is 6.61 Å². The quantitative estimate of drug-likeness (QED) is 0.470. The average molecular weight is 499 g/mol. The summed E-state index contributed by atoms with van der Waals surface area (Å²) < 4.78 is 0. The van der Waals surface area contributed by atoms with Crippen LogP contribution in [0.5, 0.6) is 0 Å². The van der Waals surface area contributed by atoms with Gasteiger partial charge in [-0.2, -0.15) is 0 Å². The number of carbonyl (C=O) groups is 2. The standard InChI is InChI=1S/C32H50O4/c1-20(34)32(36)16-14-29(6)24(26(32,2)3)9-10-31(8)25(29)23(35)17-21-22-18-27(4,19-33)11-12-28(22,5)13-15-30(21,31)7/h17,22,24-25,33,36H,9-16,18-19H2,1-8H3/t22-,24?,25?,27+,28-,29+,30-,31-,32-/m1/s1. The van der Waals surface area contributed by atoms with Gasteiger partial charge in [-0.05, 0) is 110 Å². The van der Waals surface area contributed by atoms with Gasteiger partial charge in [0.15, 0.2) is 11.6 Å². The summed E-state index contributed by atoms with van der Waals surface area (Å²) in [4.78, 5) is 27.0. The maximum Gasteiger partial charge on any atom is 0.161 e. The molecule has 0 aliphatic heterocycles. The monoisotopic (exact) mass is 498 g/mol. The smallest absolute Gasteiger partial charge is 0.161 e. The maximum absolute atomic E-state index is 14.4. The minimum absolute atomic E-state index is 0.0457. The molecule has 0 bridgehead atoms. The molecule has 202 valence electrons. The first-order chi connectivity index (χ1) is 16.4. The molecule has 0 spiro atoms. The van der Waals surface area contributed by atoms with Gasteiger partial charge >= 0.3 is 0 Å². The van der Waals surface area contributed by atoms with Gasteiger partial charge < -0.3 is 10.2 Å². The molecule has 4 saturated carbocycles. The SMILES string of the molecule is CC(=O)[C@]1(O)CC[C@@]2(C)C(CC[C@]3(C)C2C(=O)C=C2[C@H]4C[C@@](C)(CO)CC[C@]4(C)CC[C@]23C)C1(C)C. The number of Topliss-reactive ketones (excluding diaryl/α,β-unsaturated/α-hetero) is 1. The van der Waals surface area contributed by atoms with Crippen LogP contribution in [0.4, 0.5) is 0 Å². The van der Waals surface area contributed by atoms with Crippen LogP contribution in [-0.4, -0.2) is 34.0 Å². The second kappa shape index (κ2) is 7.56. The number of hydrogen-bond acceptors (Lipinski definition) is 4. The molecular formula is C32H50O4. The molecule has 4 fully saturated rings. The Kier molecular flexibility index (Phi) is 5.58. The van der Waals surface area contributed by atoms with Gasteiger partial charge in [-0.1, -0.05) is 54.0 Å². The highest BCUT2D eigenvalue weighted by Crippen LogP contribution is 2.75. The third kappa shape index (κ3) is 3.01. The van der Waals surface area contributed by atoms with Crippen molar-refractivity contribution < 1.29 is 19.8 Å². The van der Waals surface area contributed by atoms with Crippen molar-refractivity contribution in [3.63, 3.8) is 0 Å². The molecule has 5 aliphatic rings. The Bertz CT molecular complexity index is 1030. The zero-order chi connectivity index (χ0) is 26.7. The molecule has 5 aliphatic carbocycles. The number of fused-ring (bicyclic) bond motifs is 7. The summed E-state index contributed by atoms with van der Waals surface area (Å²) in [5, 5.41) is 21.8. The number of carbonyl (C=O) groups excluding carboxylic acids is 2. The van der Waals surface area contributed by atoms with Crippen LogP contribution in [0, 0.1) is 50.2 Å². The van der Waals surface area contributed by atoms with Gasteiger partial charge in [0.1, 0.15) is 5.60 Å². The van der Waals surface area contributed by atoms with Gasteiger partial charge in [0.05, 0.1) is 0 Å². The van der Waals surface area contributed by atoms with Crippen molar-refractivity contribution in [2.45, 2.75) is 119 Å². The summed E-state index contributed by atoms with van der Waals surface area (Å²) >= 11 is 0. The van der Waals surface area contributed by atoms with Crippen LogP contribution < -0.4 is 0 Å². The molecule has 0 saturated heterocycles. The molecule has 0 aromatic heterocycles.